The van der Waals surface area contributed by atoms with Crippen LogP contribution in [0.2, 0.25) is 0 Å². The van der Waals surface area contributed by atoms with Gasteiger partial charge in [0.25, 0.3) is 0 Å². The van der Waals surface area contributed by atoms with Gasteiger partial charge in [0.2, 0.25) is 0 Å². The molecule has 130 valence electrons. The standard InChI is InChI=1S/C24H17NOS/c1-3-9-17(10-4-1)25-18-15-21(26-19-11-5-2-6-12-19)24-20-13-7-8-14-22(20)27-23(24)16-18/h1-16,25H. The van der Waals surface area contributed by atoms with Gasteiger partial charge < -0.3 is 10.1 Å². The molecule has 0 aliphatic rings. The Hall–Kier alpha value is -3.30. The first-order valence-corrected chi connectivity index (χ1v) is 9.69. The number of hydrogen-bond donors (Lipinski definition) is 1. The van der Waals surface area contributed by atoms with Crippen molar-refractivity contribution in [1.82, 2.24) is 0 Å². The molecule has 1 aromatic heterocycles. The highest BCUT2D eigenvalue weighted by Gasteiger charge is 2.13. The Bertz CT molecular complexity index is 1210. The summed E-state index contributed by atoms with van der Waals surface area (Å²) in [7, 11) is 0. The fourth-order valence-electron chi connectivity index (χ4n) is 3.27. The molecular formula is C24H17NOS. The average Bonchev–Trinajstić information content (AvgIpc) is 3.08. The summed E-state index contributed by atoms with van der Waals surface area (Å²) in [6, 6.07) is 32.9. The molecule has 0 aliphatic heterocycles. The summed E-state index contributed by atoms with van der Waals surface area (Å²) in [5, 5.41) is 5.89. The lowest BCUT2D eigenvalue weighted by molar-refractivity contribution is 0.489. The third-order valence-corrected chi connectivity index (χ3v) is 5.59. The van der Waals surface area contributed by atoms with Crippen LogP contribution in [0, 0.1) is 0 Å². The highest BCUT2D eigenvalue weighted by molar-refractivity contribution is 7.25. The zero-order valence-electron chi connectivity index (χ0n) is 14.6. The van der Waals surface area contributed by atoms with Crippen LogP contribution in [-0.4, -0.2) is 0 Å². The van der Waals surface area contributed by atoms with E-state index in [4.69, 9.17) is 4.74 Å². The molecular weight excluding hydrogens is 350 g/mol. The minimum absolute atomic E-state index is 0.839. The molecule has 0 unspecified atom stereocenters. The van der Waals surface area contributed by atoms with Gasteiger partial charge in [-0.25, -0.2) is 0 Å². The number of nitrogens with one attached hydrogen (secondary N) is 1. The summed E-state index contributed by atoms with van der Waals surface area (Å²) in [6.45, 7) is 0. The third-order valence-electron chi connectivity index (χ3n) is 4.48. The molecule has 4 aromatic carbocycles. The predicted molar refractivity (Wildman–Crippen MR) is 116 cm³/mol. The molecule has 5 rings (SSSR count). The molecule has 0 spiro atoms. The number of para-hydroxylation sites is 2. The van der Waals surface area contributed by atoms with Gasteiger partial charge in [-0.15, -0.1) is 11.3 Å². The van der Waals surface area contributed by atoms with Gasteiger partial charge >= 0.3 is 0 Å². The van der Waals surface area contributed by atoms with E-state index in [9.17, 15) is 0 Å². The van der Waals surface area contributed by atoms with Gasteiger partial charge in [0, 0.05) is 37.6 Å². The molecule has 0 fully saturated rings. The van der Waals surface area contributed by atoms with Gasteiger partial charge in [0.15, 0.2) is 0 Å². The Kier molecular flexibility index (Phi) is 4.00. The van der Waals surface area contributed by atoms with Gasteiger partial charge in [0.1, 0.15) is 11.5 Å². The summed E-state index contributed by atoms with van der Waals surface area (Å²) in [5.74, 6) is 1.71. The van der Waals surface area contributed by atoms with Crippen LogP contribution in [0.5, 0.6) is 11.5 Å². The number of thiophene rings is 1. The van der Waals surface area contributed by atoms with Crippen LogP contribution in [0.15, 0.2) is 97.1 Å². The first-order chi connectivity index (χ1) is 13.4. The second kappa shape index (κ2) is 6.78. The second-order valence-electron chi connectivity index (χ2n) is 6.35. The number of hydrogen-bond acceptors (Lipinski definition) is 3. The molecule has 0 saturated carbocycles. The molecule has 1 N–H and O–H groups in total. The summed E-state index contributed by atoms with van der Waals surface area (Å²) >= 11 is 1.79. The van der Waals surface area contributed by atoms with Gasteiger partial charge in [-0.3, -0.25) is 0 Å². The van der Waals surface area contributed by atoms with Gasteiger partial charge in [-0.2, -0.15) is 0 Å². The largest absolute Gasteiger partial charge is 0.457 e. The van der Waals surface area contributed by atoms with E-state index >= 15 is 0 Å². The fraction of sp³-hybridized carbons (Fsp3) is 0. The van der Waals surface area contributed by atoms with Gasteiger partial charge in [0.05, 0.1) is 0 Å². The predicted octanol–water partition coefficient (Wildman–Crippen LogP) is 7.59. The maximum atomic E-state index is 6.30. The lowest BCUT2D eigenvalue weighted by Crippen LogP contribution is -1.91. The minimum Gasteiger partial charge on any atom is -0.457 e. The molecule has 2 nitrogen and oxygen atoms in total. The molecule has 0 saturated heterocycles. The molecule has 0 aliphatic carbocycles. The number of anilines is 2. The van der Waals surface area contributed by atoms with Crippen molar-refractivity contribution in [3.8, 4) is 11.5 Å². The molecule has 27 heavy (non-hydrogen) atoms. The summed E-state index contributed by atoms with van der Waals surface area (Å²) < 4.78 is 8.78. The van der Waals surface area contributed by atoms with Crippen LogP contribution < -0.4 is 10.1 Å². The zero-order chi connectivity index (χ0) is 18.1. The smallest absolute Gasteiger partial charge is 0.138 e. The third kappa shape index (κ3) is 3.14. The van der Waals surface area contributed by atoms with Crippen LogP contribution in [0.3, 0.4) is 0 Å². The Balaban J connectivity index is 1.68. The second-order valence-corrected chi connectivity index (χ2v) is 7.44. The molecule has 0 radical (unpaired) electrons. The van der Waals surface area contributed by atoms with E-state index in [1.807, 2.05) is 48.5 Å². The summed E-state index contributed by atoms with van der Waals surface area (Å²) in [6.07, 6.45) is 0. The maximum absolute atomic E-state index is 6.30. The number of benzene rings is 4. The van der Waals surface area contributed by atoms with Crippen molar-refractivity contribution in [3.05, 3.63) is 97.1 Å². The topological polar surface area (TPSA) is 21.3 Å². The van der Waals surface area contributed by atoms with Crippen LogP contribution in [0.4, 0.5) is 11.4 Å². The Morgan fingerprint density at radius 3 is 2.15 bits per heavy atom. The van der Waals surface area contributed by atoms with Crippen LogP contribution in [0.25, 0.3) is 20.2 Å². The van der Waals surface area contributed by atoms with E-state index in [2.05, 4.69) is 53.8 Å². The van der Waals surface area contributed by atoms with Crippen molar-refractivity contribution in [2.75, 3.05) is 5.32 Å². The Labute approximate surface area is 161 Å². The first kappa shape index (κ1) is 15.9. The monoisotopic (exact) mass is 367 g/mol. The van der Waals surface area contributed by atoms with Crippen molar-refractivity contribution in [2.45, 2.75) is 0 Å². The SMILES string of the molecule is c1ccc(Nc2cc(Oc3ccccc3)c3c(c2)sc2ccccc23)cc1. The van der Waals surface area contributed by atoms with E-state index in [-0.39, 0.29) is 0 Å². The highest BCUT2D eigenvalue weighted by atomic mass is 32.1. The number of fused-ring (bicyclic) bond motifs is 3. The first-order valence-electron chi connectivity index (χ1n) is 8.87. The minimum atomic E-state index is 0.839. The molecule has 0 amide bonds. The Morgan fingerprint density at radius 2 is 1.33 bits per heavy atom. The number of rotatable bonds is 4. The quantitative estimate of drug-likeness (QED) is 0.353. The normalized spacial score (nSPS) is 11.0. The molecule has 5 aromatic rings. The van der Waals surface area contributed by atoms with Crippen molar-refractivity contribution >= 4 is 42.9 Å². The summed E-state index contributed by atoms with van der Waals surface area (Å²) in [5.41, 5.74) is 2.08. The van der Waals surface area contributed by atoms with Crippen molar-refractivity contribution in [1.29, 1.82) is 0 Å². The van der Waals surface area contributed by atoms with Crippen molar-refractivity contribution < 1.29 is 4.74 Å². The lowest BCUT2D eigenvalue weighted by atomic mass is 10.1. The molecule has 3 heteroatoms. The average molecular weight is 367 g/mol. The van der Waals surface area contributed by atoms with E-state index in [0.29, 0.717) is 0 Å². The zero-order valence-corrected chi connectivity index (χ0v) is 15.4. The van der Waals surface area contributed by atoms with Crippen LogP contribution in [0.1, 0.15) is 0 Å². The van der Waals surface area contributed by atoms with E-state index < -0.39 is 0 Å². The fourth-order valence-corrected chi connectivity index (χ4v) is 4.43. The Morgan fingerprint density at radius 1 is 0.630 bits per heavy atom. The lowest BCUT2D eigenvalue weighted by Gasteiger charge is -2.12. The van der Waals surface area contributed by atoms with E-state index in [1.54, 1.807) is 11.3 Å². The number of ether oxygens (including phenoxy) is 1. The molecule has 0 bridgehead atoms. The van der Waals surface area contributed by atoms with E-state index in [0.717, 1.165) is 28.3 Å². The highest BCUT2D eigenvalue weighted by Crippen LogP contribution is 2.43. The van der Waals surface area contributed by atoms with Gasteiger partial charge in [-0.05, 0) is 36.4 Å². The van der Waals surface area contributed by atoms with Crippen LogP contribution >= 0.6 is 11.3 Å². The molecule has 0 atom stereocenters. The van der Waals surface area contributed by atoms with Crippen molar-refractivity contribution in [2.24, 2.45) is 0 Å². The molecule has 1 heterocycles. The van der Waals surface area contributed by atoms with Crippen molar-refractivity contribution in [3.63, 3.8) is 0 Å². The van der Waals surface area contributed by atoms with E-state index in [1.165, 1.54) is 14.8 Å². The maximum Gasteiger partial charge on any atom is 0.138 e. The van der Waals surface area contributed by atoms with Gasteiger partial charge in [-0.1, -0.05) is 54.6 Å². The van der Waals surface area contributed by atoms with Crippen LogP contribution in [-0.2, 0) is 0 Å². The summed E-state index contributed by atoms with van der Waals surface area (Å²) in [4.78, 5) is 0.